The van der Waals surface area contributed by atoms with Gasteiger partial charge in [-0.3, -0.25) is 0 Å². The van der Waals surface area contributed by atoms with Gasteiger partial charge in [-0.25, -0.2) is 8.78 Å². The fraction of sp³-hybridized carbons (Fsp3) is 1.00. The summed E-state index contributed by atoms with van der Waals surface area (Å²) in [5.74, 6) is -2.37. The van der Waals surface area contributed by atoms with Crippen molar-refractivity contribution in [2.45, 2.75) is 31.6 Å². The molecular formula is C7H13F2N. The van der Waals surface area contributed by atoms with E-state index in [2.05, 4.69) is 0 Å². The third-order valence-corrected chi connectivity index (χ3v) is 2.08. The smallest absolute Gasteiger partial charge is 0.248 e. The zero-order chi connectivity index (χ0) is 7.61. The molecular weight excluding hydrogens is 136 g/mol. The average Bonchev–Trinajstić information content (AvgIpc) is 1.86. The Balaban J connectivity index is 2.40. The lowest BCUT2D eigenvalue weighted by molar-refractivity contribution is -0.0508. The van der Waals surface area contributed by atoms with Crippen molar-refractivity contribution in [3.05, 3.63) is 0 Å². The Hall–Kier alpha value is -0.180. The molecule has 0 spiro atoms. The van der Waals surface area contributed by atoms with Crippen LogP contribution in [0.5, 0.6) is 0 Å². The molecule has 1 aliphatic rings. The molecule has 1 nitrogen and oxygen atoms in total. The van der Waals surface area contributed by atoms with Gasteiger partial charge in [-0.05, 0) is 25.3 Å². The summed E-state index contributed by atoms with van der Waals surface area (Å²) in [6.07, 6.45) is 1.58. The Morgan fingerprint density at radius 1 is 1.50 bits per heavy atom. The van der Waals surface area contributed by atoms with E-state index in [9.17, 15) is 8.78 Å². The maximum absolute atomic E-state index is 12.6. The van der Waals surface area contributed by atoms with Crippen molar-refractivity contribution < 1.29 is 8.78 Å². The first kappa shape index (κ1) is 7.92. The first-order valence-corrected chi connectivity index (χ1v) is 3.72. The largest absolute Gasteiger partial charge is 0.330 e. The van der Waals surface area contributed by atoms with Gasteiger partial charge in [-0.15, -0.1) is 0 Å². The second kappa shape index (κ2) is 2.82. The third kappa shape index (κ3) is 1.90. The van der Waals surface area contributed by atoms with Crippen molar-refractivity contribution in [3.63, 3.8) is 0 Å². The summed E-state index contributed by atoms with van der Waals surface area (Å²) in [5.41, 5.74) is 5.29. The SMILES string of the molecule is NC[C@H]1CCCC(F)(F)C1. The number of nitrogens with two attached hydrogens (primary N) is 1. The predicted octanol–water partition coefficient (Wildman–Crippen LogP) is 1.77. The van der Waals surface area contributed by atoms with Crippen molar-refractivity contribution in [1.29, 1.82) is 0 Å². The van der Waals surface area contributed by atoms with Gasteiger partial charge in [0.2, 0.25) is 5.92 Å². The van der Waals surface area contributed by atoms with Gasteiger partial charge >= 0.3 is 0 Å². The highest BCUT2D eigenvalue weighted by atomic mass is 19.3. The van der Waals surface area contributed by atoms with Crippen LogP contribution >= 0.6 is 0 Å². The van der Waals surface area contributed by atoms with Crippen LogP contribution in [0.3, 0.4) is 0 Å². The Kier molecular flexibility index (Phi) is 2.24. The topological polar surface area (TPSA) is 26.0 Å². The zero-order valence-corrected chi connectivity index (χ0v) is 5.95. The van der Waals surface area contributed by atoms with Gasteiger partial charge in [0.25, 0.3) is 0 Å². The molecule has 0 saturated heterocycles. The summed E-state index contributed by atoms with van der Waals surface area (Å²) < 4.78 is 25.2. The van der Waals surface area contributed by atoms with Gasteiger partial charge in [0, 0.05) is 12.8 Å². The normalized spacial score (nSPS) is 32.1. The number of hydrogen-bond acceptors (Lipinski definition) is 1. The van der Waals surface area contributed by atoms with Crippen LogP contribution in [0.2, 0.25) is 0 Å². The molecule has 0 aromatic carbocycles. The summed E-state index contributed by atoms with van der Waals surface area (Å²) in [6, 6.07) is 0. The maximum Gasteiger partial charge on any atom is 0.248 e. The summed E-state index contributed by atoms with van der Waals surface area (Å²) in [6.45, 7) is 0.412. The van der Waals surface area contributed by atoms with E-state index in [-0.39, 0.29) is 18.8 Å². The highest BCUT2D eigenvalue weighted by Gasteiger charge is 2.35. The van der Waals surface area contributed by atoms with E-state index in [4.69, 9.17) is 5.73 Å². The van der Waals surface area contributed by atoms with E-state index in [1.54, 1.807) is 0 Å². The van der Waals surface area contributed by atoms with Crippen LogP contribution < -0.4 is 5.73 Å². The second-order valence-electron chi connectivity index (χ2n) is 3.05. The lowest BCUT2D eigenvalue weighted by Crippen LogP contribution is -2.30. The van der Waals surface area contributed by atoms with E-state index >= 15 is 0 Å². The van der Waals surface area contributed by atoms with Crippen LogP contribution in [0.15, 0.2) is 0 Å². The molecule has 0 aliphatic heterocycles. The van der Waals surface area contributed by atoms with Crippen LogP contribution in [0, 0.1) is 5.92 Å². The Morgan fingerprint density at radius 3 is 2.60 bits per heavy atom. The van der Waals surface area contributed by atoms with Crippen molar-refractivity contribution in [3.8, 4) is 0 Å². The van der Waals surface area contributed by atoms with E-state index in [0.717, 1.165) is 6.42 Å². The monoisotopic (exact) mass is 149 g/mol. The highest BCUT2D eigenvalue weighted by Crippen LogP contribution is 2.35. The molecule has 1 atom stereocenters. The molecule has 0 unspecified atom stereocenters. The van der Waals surface area contributed by atoms with E-state index < -0.39 is 5.92 Å². The van der Waals surface area contributed by atoms with Gasteiger partial charge in [-0.2, -0.15) is 0 Å². The fourth-order valence-corrected chi connectivity index (χ4v) is 1.48. The van der Waals surface area contributed by atoms with E-state index in [0.29, 0.717) is 13.0 Å². The molecule has 1 rings (SSSR count). The Labute approximate surface area is 59.6 Å². The molecule has 3 heteroatoms. The van der Waals surface area contributed by atoms with Gasteiger partial charge in [0.15, 0.2) is 0 Å². The van der Waals surface area contributed by atoms with E-state index in [1.807, 2.05) is 0 Å². The molecule has 2 N–H and O–H groups in total. The molecule has 10 heavy (non-hydrogen) atoms. The van der Waals surface area contributed by atoms with Crippen molar-refractivity contribution in [2.75, 3.05) is 6.54 Å². The van der Waals surface area contributed by atoms with Gasteiger partial charge in [0.05, 0.1) is 0 Å². The molecule has 0 radical (unpaired) electrons. The molecule has 0 bridgehead atoms. The van der Waals surface area contributed by atoms with E-state index in [1.165, 1.54) is 0 Å². The standard InChI is InChI=1S/C7H13F2N/c8-7(9)3-1-2-6(4-7)5-10/h6H,1-5,10H2/t6-/m0/s1. The minimum Gasteiger partial charge on any atom is -0.330 e. The van der Waals surface area contributed by atoms with Crippen LogP contribution in [0.1, 0.15) is 25.7 Å². The molecule has 1 fully saturated rings. The highest BCUT2D eigenvalue weighted by molar-refractivity contribution is 4.78. The Morgan fingerprint density at radius 2 is 2.20 bits per heavy atom. The summed E-state index contributed by atoms with van der Waals surface area (Å²) in [5, 5.41) is 0. The quantitative estimate of drug-likeness (QED) is 0.604. The number of hydrogen-bond donors (Lipinski definition) is 1. The minimum atomic E-state index is -2.43. The van der Waals surface area contributed by atoms with Gasteiger partial charge in [-0.1, -0.05) is 0 Å². The van der Waals surface area contributed by atoms with Gasteiger partial charge < -0.3 is 5.73 Å². The number of rotatable bonds is 1. The number of alkyl halides is 2. The molecule has 0 aromatic heterocycles. The first-order valence-electron chi connectivity index (χ1n) is 3.72. The Bertz CT molecular complexity index is 114. The van der Waals surface area contributed by atoms with Crippen LogP contribution in [-0.2, 0) is 0 Å². The minimum absolute atomic E-state index is 0.00347. The first-order chi connectivity index (χ1) is 4.64. The second-order valence-corrected chi connectivity index (χ2v) is 3.05. The van der Waals surface area contributed by atoms with Crippen LogP contribution in [0.25, 0.3) is 0 Å². The molecule has 60 valence electrons. The third-order valence-electron chi connectivity index (χ3n) is 2.08. The molecule has 0 heterocycles. The van der Waals surface area contributed by atoms with Crippen LogP contribution in [-0.4, -0.2) is 12.5 Å². The summed E-state index contributed by atoms with van der Waals surface area (Å²) in [4.78, 5) is 0. The van der Waals surface area contributed by atoms with Crippen molar-refractivity contribution >= 4 is 0 Å². The maximum atomic E-state index is 12.6. The summed E-state index contributed by atoms with van der Waals surface area (Å²) in [7, 11) is 0. The fourth-order valence-electron chi connectivity index (χ4n) is 1.48. The van der Waals surface area contributed by atoms with Crippen molar-refractivity contribution in [2.24, 2.45) is 11.7 Å². The van der Waals surface area contributed by atoms with Gasteiger partial charge in [0.1, 0.15) is 0 Å². The predicted molar refractivity (Wildman–Crippen MR) is 36.0 cm³/mol. The molecule has 0 amide bonds. The molecule has 1 saturated carbocycles. The molecule has 1 aliphatic carbocycles. The number of halogens is 2. The summed E-state index contributed by atoms with van der Waals surface area (Å²) >= 11 is 0. The van der Waals surface area contributed by atoms with Crippen LogP contribution in [0.4, 0.5) is 8.78 Å². The molecule has 0 aromatic rings. The van der Waals surface area contributed by atoms with Crippen molar-refractivity contribution in [1.82, 2.24) is 0 Å². The zero-order valence-electron chi connectivity index (χ0n) is 5.95. The lowest BCUT2D eigenvalue weighted by Gasteiger charge is -2.27. The average molecular weight is 149 g/mol. The lowest BCUT2D eigenvalue weighted by atomic mass is 9.87.